The lowest BCUT2D eigenvalue weighted by Crippen LogP contribution is -2.22. The molecule has 0 spiro atoms. The monoisotopic (exact) mass is 242 g/mol. The van der Waals surface area contributed by atoms with Gasteiger partial charge < -0.3 is 9.67 Å². The summed E-state index contributed by atoms with van der Waals surface area (Å²) < 4.78 is 2.19. The molecule has 0 aliphatic carbocycles. The van der Waals surface area contributed by atoms with Gasteiger partial charge in [-0.1, -0.05) is 29.8 Å². The van der Waals surface area contributed by atoms with Crippen molar-refractivity contribution in [3.05, 3.63) is 41.9 Å². The standard InChI is InChI=1S/C15H18N2O/c1-11-2-5-13(6-3-11)14-9-17-8-12(10-18)4-7-15(17)16-14/h2-3,5-6,9,12,18H,4,7-8,10H2,1H3. The zero-order valence-electron chi connectivity index (χ0n) is 10.6. The number of benzene rings is 1. The number of aromatic nitrogens is 2. The minimum absolute atomic E-state index is 0.275. The third kappa shape index (κ3) is 2.06. The maximum absolute atomic E-state index is 9.24. The predicted octanol–water partition coefficient (Wildman–Crippen LogP) is 2.41. The molecule has 3 nitrogen and oxygen atoms in total. The lowest BCUT2D eigenvalue weighted by molar-refractivity contribution is 0.190. The maximum Gasteiger partial charge on any atom is 0.109 e. The van der Waals surface area contributed by atoms with Crippen molar-refractivity contribution in [2.24, 2.45) is 5.92 Å². The number of aryl methyl sites for hydroxylation is 2. The molecule has 2 heterocycles. The highest BCUT2D eigenvalue weighted by atomic mass is 16.3. The van der Waals surface area contributed by atoms with Gasteiger partial charge in [0.2, 0.25) is 0 Å². The first-order chi connectivity index (χ1) is 8.76. The first-order valence-electron chi connectivity index (χ1n) is 6.50. The van der Waals surface area contributed by atoms with Gasteiger partial charge in [0.25, 0.3) is 0 Å². The molecule has 3 heteroatoms. The molecule has 1 aromatic heterocycles. The highest BCUT2D eigenvalue weighted by Crippen LogP contribution is 2.24. The Morgan fingerprint density at radius 1 is 1.33 bits per heavy atom. The first-order valence-corrected chi connectivity index (χ1v) is 6.50. The first kappa shape index (κ1) is 11.5. The summed E-state index contributed by atoms with van der Waals surface area (Å²) in [7, 11) is 0. The summed E-state index contributed by atoms with van der Waals surface area (Å²) in [6.45, 7) is 3.26. The van der Waals surface area contributed by atoms with E-state index in [-0.39, 0.29) is 6.61 Å². The van der Waals surface area contributed by atoms with Crippen molar-refractivity contribution in [3.63, 3.8) is 0 Å². The van der Waals surface area contributed by atoms with Gasteiger partial charge in [0, 0.05) is 37.3 Å². The van der Waals surface area contributed by atoms with Crippen LogP contribution < -0.4 is 0 Å². The van der Waals surface area contributed by atoms with Gasteiger partial charge in [-0.2, -0.15) is 0 Å². The molecule has 1 aliphatic heterocycles. The molecule has 1 N–H and O–H groups in total. The van der Waals surface area contributed by atoms with Crippen LogP contribution in [0.15, 0.2) is 30.5 Å². The number of hydrogen-bond acceptors (Lipinski definition) is 2. The molecule has 3 rings (SSSR count). The molecule has 0 bridgehead atoms. The second-order valence-corrected chi connectivity index (χ2v) is 5.15. The van der Waals surface area contributed by atoms with Crippen molar-refractivity contribution < 1.29 is 5.11 Å². The molecule has 0 fully saturated rings. The van der Waals surface area contributed by atoms with Crippen LogP contribution in [0.5, 0.6) is 0 Å². The zero-order valence-corrected chi connectivity index (χ0v) is 10.6. The van der Waals surface area contributed by atoms with Gasteiger partial charge in [0.05, 0.1) is 5.69 Å². The Bertz CT molecular complexity index is 542. The van der Waals surface area contributed by atoms with E-state index in [9.17, 15) is 5.11 Å². The molecule has 18 heavy (non-hydrogen) atoms. The quantitative estimate of drug-likeness (QED) is 0.878. The molecule has 0 saturated heterocycles. The molecular formula is C15H18N2O. The Hall–Kier alpha value is -1.61. The molecule has 1 atom stereocenters. The SMILES string of the molecule is Cc1ccc(-c2cn3c(n2)CCC(CO)C3)cc1. The summed E-state index contributed by atoms with van der Waals surface area (Å²) in [5.74, 6) is 1.54. The molecule has 0 amide bonds. The van der Waals surface area contributed by atoms with Crippen LogP contribution >= 0.6 is 0 Å². The van der Waals surface area contributed by atoms with E-state index in [1.165, 1.54) is 11.1 Å². The van der Waals surface area contributed by atoms with E-state index in [1.807, 2.05) is 0 Å². The molecule has 2 aromatic rings. The van der Waals surface area contributed by atoms with Crippen LogP contribution in [-0.2, 0) is 13.0 Å². The number of imidazole rings is 1. The van der Waals surface area contributed by atoms with Crippen molar-refractivity contribution in [2.75, 3.05) is 6.61 Å². The molecule has 1 unspecified atom stereocenters. The number of aliphatic hydroxyl groups is 1. The van der Waals surface area contributed by atoms with Crippen molar-refractivity contribution in [3.8, 4) is 11.3 Å². The topological polar surface area (TPSA) is 38.0 Å². The fraction of sp³-hybridized carbons (Fsp3) is 0.400. The predicted molar refractivity (Wildman–Crippen MR) is 71.3 cm³/mol. The van der Waals surface area contributed by atoms with E-state index < -0.39 is 0 Å². The third-order valence-corrected chi connectivity index (χ3v) is 3.70. The second kappa shape index (κ2) is 4.58. The van der Waals surface area contributed by atoms with Crippen LogP contribution in [0.1, 0.15) is 17.8 Å². The van der Waals surface area contributed by atoms with Gasteiger partial charge in [-0.25, -0.2) is 4.98 Å². The third-order valence-electron chi connectivity index (χ3n) is 3.70. The van der Waals surface area contributed by atoms with E-state index >= 15 is 0 Å². The lowest BCUT2D eigenvalue weighted by Gasteiger charge is -2.21. The van der Waals surface area contributed by atoms with Crippen LogP contribution in [-0.4, -0.2) is 21.3 Å². The molecule has 0 radical (unpaired) electrons. The van der Waals surface area contributed by atoms with E-state index in [4.69, 9.17) is 4.98 Å². The number of rotatable bonds is 2. The van der Waals surface area contributed by atoms with Gasteiger partial charge in [0.1, 0.15) is 5.82 Å². The second-order valence-electron chi connectivity index (χ2n) is 5.15. The van der Waals surface area contributed by atoms with Crippen molar-refractivity contribution in [1.82, 2.24) is 9.55 Å². The number of aliphatic hydroxyl groups excluding tert-OH is 1. The molecular weight excluding hydrogens is 224 g/mol. The average Bonchev–Trinajstić information content (AvgIpc) is 2.82. The largest absolute Gasteiger partial charge is 0.396 e. The molecule has 1 aromatic carbocycles. The van der Waals surface area contributed by atoms with Gasteiger partial charge in [0.15, 0.2) is 0 Å². The van der Waals surface area contributed by atoms with Crippen LogP contribution in [0.2, 0.25) is 0 Å². The van der Waals surface area contributed by atoms with Gasteiger partial charge in [-0.3, -0.25) is 0 Å². The fourth-order valence-corrected chi connectivity index (χ4v) is 2.53. The maximum atomic E-state index is 9.24. The van der Waals surface area contributed by atoms with E-state index in [0.717, 1.165) is 30.9 Å². The van der Waals surface area contributed by atoms with Crippen molar-refractivity contribution in [2.45, 2.75) is 26.3 Å². The van der Waals surface area contributed by atoms with Crippen molar-refractivity contribution in [1.29, 1.82) is 0 Å². The highest BCUT2D eigenvalue weighted by molar-refractivity contribution is 5.59. The van der Waals surface area contributed by atoms with Gasteiger partial charge in [-0.15, -0.1) is 0 Å². The van der Waals surface area contributed by atoms with Gasteiger partial charge >= 0.3 is 0 Å². The van der Waals surface area contributed by atoms with E-state index in [2.05, 4.69) is 42.0 Å². The Balaban J connectivity index is 1.91. The number of nitrogens with zero attached hydrogens (tertiary/aromatic N) is 2. The van der Waals surface area contributed by atoms with E-state index in [1.54, 1.807) is 0 Å². The Labute approximate surface area is 107 Å². The molecule has 1 aliphatic rings. The average molecular weight is 242 g/mol. The zero-order chi connectivity index (χ0) is 12.5. The molecule has 94 valence electrons. The Morgan fingerprint density at radius 2 is 2.11 bits per heavy atom. The minimum Gasteiger partial charge on any atom is -0.396 e. The number of hydrogen-bond donors (Lipinski definition) is 1. The van der Waals surface area contributed by atoms with E-state index in [0.29, 0.717) is 5.92 Å². The van der Waals surface area contributed by atoms with Crippen LogP contribution in [0, 0.1) is 12.8 Å². The summed E-state index contributed by atoms with van der Waals surface area (Å²) >= 11 is 0. The van der Waals surface area contributed by atoms with Crippen LogP contribution in [0.25, 0.3) is 11.3 Å². The van der Waals surface area contributed by atoms with Crippen LogP contribution in [0.4, 0.5) is 0 Å². The smallest absolute Gasteiger partial charge is 0.109 e. The van der Waals surface area contributed by atoms with Crippen LogP contribution in [0.3, 0.4) is 0 Å². The van der Waals surface area contributed by atoms with Crippen molar-refractivity contribution >= 4 is 0 Å². The summed E-state index contributed by atoms with van der Waals surface area (Å²) in [6, 6.07) is 8.47. The minimum atomic E-state index is 0.275. The normalized spacial score (nSPS) is 18.7. The lowest BCUT2D eigenvalue weighted by atomic mass is 10.0. The summed E-state index contributed by atoms with van der Waals surface area (Å²) in [6.07, 6.45) is 4.12. The summed E-state index contributed by atoms with van der Waals surface area (Å²) in [4.78, 5) is 4.70. The Morgan fingerprint density at radius 3 is 2.83 bits per heavy atom. The fourth-order valence-electron chi connectivity index (χ4n) is 2.53. The highest BCUT2D eigenvalue weighted by Gasteiger charge is 2.19. The summed E-state index contributed by atoms with van der Waals surface area (Å²) in [5, 5.41) is 9.24. The molecule has 0 saturated carbocycles. The number of fused-ring (bicyclic) bond motifs is 1. The van der Waals surface area contributed by atoms with Gasteiger partial charge in [-0.05, 0) is 13.3 Å². The Kier molecular flexibility index (Phi) is 2.92. The summed E-state index contributed by atoms with van der Waals surface area (Å²) in [5.41, 5.74) is 3.48.